The fourth-order valence-electron chi connectivity index (χ4n) is 2.25. The Morgan fingerprint density at radius 2 is 1.91 bits per heavy atom. The summed E-state index contributed by atoms with van der Waals surface area (Å²) in [5.41, 5.74) is 1.80. The summed E-state index contributed by atoms with van der Waals surface area (Å²) in [6, 6.07) is 10.3. The van der Waals surface area contributed by atoms with Gasteiger partial charge in [-0.2, -0.15) is 0 Å². The second-order valence-corrected chi connectivity index (χ2v) is 5.52. The average Bonchev–Trinajstić information content (AvgIpc) is 2.59. The van der Waals surface area contributed by atoms with Crippen molar-refractivity contribution in [2.75, 3.05) is 11.9 Å². The van der Waals surface area contributed by atoms with Gasteiger partial charge in [0.15, 0.2) is 0 Å². The number of anilines is 1. The highest BCUT2D eigenvalue weighted by Crippen LogP contribution is 2.29. The van der Waals surface area contributed by atoms with Gasteiger partial charge < -0.3 is 10.0 Å². The normalized spacial score (nSPS) is 17.8. The molecule has 1 aliphatic rings. The van der Waals surface area contributed by atoms with Crippen molar-refractivity contribution < 1.29 is 9.90 Å². The third-order valence-electron chi connectivity index (χ3n) is 3.36. The molecule has 1 aromatic carbocycles. The number of halogens is 2. The number of pyridine rings is 1. The first-order valence-corrected chi connectivity index (χ1v) is 7.20. The van der Waals surface area contributed by atoms with Crippen LogP contribution in [0.5, 0.6) is 0 Å². The zero-order valence-electron chi connectivity index (χ0n) is 11.5. The smallest absolute Gasteiger partial charge is 0.278 e. The lowest BCUT2D eigenvalue weighted by atomic mass is 10.1. The zero-order chi connectivity index (χ0) is 15.9. The lowest BCUT2D eigenvalue weighted by Crippen LogP contribution is -2.34. The number of aliphatic hydroxyl groups excluding tert-OH is 1. The number of hydrogen-bond acceptors (Lipinski definition) is 4. The number of carbonyl (C=O) groups is 1. The van der Waals surface area contributed by atoms with Gasteiger partial charge in [-0.1, -0.05) is 41.4 Å². The van der Waals surface area contributed by atoms with Crippen LogP contribution in [0.4, 0.5) is 5.69 Å². The van der Waals surface area contributed by atoms with Gasteiger partial charge in [0, 0.05) is 12.6 Å². The maximum atomic E-state index is 12.1. The Hall–Kier alpha value is -1.95. The molecule has 0 spiro atoms. The van der Waals surface area contributed by atoms with Crippen LogP contribution in [-0.2, 0) is 4.79 Å². The van der Waals surface area contributed by atoms with Crippen molar-refractivity contribution in [3.8, 4) is 0 Å². The number of aliphatic hydroxyl groups is 1. The number of hydrogen-bond donors (Lipinski definition) is 1. The van der Waals surface area contributed by atoms with E-state index in [1.807, 2.05) is 0 Å². The summed E-state index contributed by atoms with van der Waals surface area (Å²) < 4.78 is 0. The second-order valence-electron chi connectivity index (χ2n) is 4.73. The molecule has 3 rings (SSSR count). The largest absolute Gasteiger partial charge is 0.364 e. The molecule has 0 saturated carbocycles. The summed E-state index contributed by atoms with van der Waals surface area (Å²) in [5.74, 6) is -0.549. The molecule has 1 unspecified atom stereocenters. The van der Waals surface area contributed by atoms with Crippen molar-refractivity contribution >= 4 is 40.5 Å². The van der Waals surface area contributed by atoms with Crippen LogP contribution in [0.1, 0.15) is 11.3 Å². The van der Waals surface area contributed by atoms with Crippen molar-refractivity contribution in [2.24, 2.45) is 4.99 Å². The second kappa shape index (κ2) is 5.68. The molecule has 0 radical (unpaired) electrons. The van der Waals surface area contributed by atoms with Crippen molar-refractivity contribution in [2.45, 2.75) is 6.23 Å². The van der Waals surface area contributed by atoms with Gasteiger partial charge in [0.05, 0.1) is 16.4 Å². The number of fused-ring (bicyclic) bond motifs is 1. The number of carbonyl (C=O) groups excluding carboxylic acids is 1. The van der Waals surface area contributed by atoms with Crippen LogP contribution in [0, 0.1) is 0 Å². The van der Waals surface area contributed by atoms with Gasteiger partial charge in [0.25, 0.3) is 5.91 Å². The van der Waals surface area contributed by atoms with E-state index in [0.717, 1.165) is 0 Å². The number of nitrogens with zero attached hydrogens (tertiary/aromatic N) is 3. The molecule has 0 aliphatic carbocycles. The Bertz CT molecular complexity index is 792. The minimum atomic E-state index is -1.52. The van der Waals surface area contributed by atoms with E-state index in [1.54, 1.807) is 43.4 Å². The van der Waals surface area contributed by atoms with Crippen LogP contribution in [-0.4, -0.2) is 35.0 Å². The first-order valence-electron chi connectivity index (χ1n) is 6.44. The molecule has 112 valence electrons. The Labute approximate surface area is 136 Å². The monoisotopic (exact) mass is 335 g/mol. The predicted octanol–water partition coefficient (Wildman–Crippen LogP) is 2.52. The van der Waals surface area contributed by atoms with E-state index in [2.05, 4.69) is 9.98 Å². The molecule has 7 heteroatoms. The number of aliphatic imine (C=N–C) groups is 1. The van der Waals surface area contributed by atoms with Gasteiger partial charge in [0.1, 0.15) is 10.8 Å². The highest BCUT2D eigenvalue weighted by Gasteiger charge is 2.30. The molecule has 5 nitrogen and oxygen atoms in total. The number of likely N-dealkylation sites (N-methyl/N-ethyl adjacent to an activating group) is 1. The Balaban J connectivity index is 2.31. The van der Waals surface area contributed by atoms with Crippen molar-refractivity contribution in [1.29, 1.82) is 0 Å². The van der Waals surface area contributed by atoms with Gasteiger partial charge in [-0.3, -0.25) is 4.79 Å². The molecule has 1 atom stereocenters. The summed E-state index contributed by atoms with van der Waals surface area (Å²) >= 11 is 12.2. The molecule has 2 aromatic rings. The van der Waals surface area contributed by atoms with E-state index in [9.17, 15) is 9.90 Å². The third-order valence-corrected chi connectivity index (χ3v) is 3.90. The van der Waals surface area contributed by atoms with Crippen molar-refractivity contribution in [3.63, 3.8) is 0 Å². The SMILES string of the molecule is CN1C(=O)C(O)N=C(c2ccccc2Cl)c2nc(Cl)ccc21. The molecular weight excluding hydrogens is 325 g/mol. The van der Waals surface area contributed by atoms with Crippen LogP contribution in [0.3, 0.4) is 0 Å². The fraction of sp³-hybridized carbons (Fsp3) is 0.133. The molecular formula is C15H11Cl2N3O2. The van der Waals surface area contributed by atoms with Crippen LogP contribution in [0.25, 0.3) is 0 Å². The molecule has 1 aromatic heterocycles. The maximum absolute atomic E-state index is 12.1. The van der Waals surface area contributed by atoms with Gasteiger partial charge >= 0.3 is 0 Å². The highest BCUT2D eigenvalue weighted by atomic mass is 35.5. The Morgan fingerprint density at radius 1 is 1.18 bits per heavy atom. The quantitative estimate of drug-likeness (QED) is 0.814. The van der Waals surface area contributed by atoms with E-state index in [0.29, 0.717) is 27.7 Å². The average molecular weight is 336 g/mol. The van der Waals surface area contributed by atoms with Gasteiger partial charge in [-0.15, -0.1) is 0 Å². The Morgan fingerprint density at radius 3 is 2.64 bits per heavy atom. The summed E-state index contributed by atoms with van der Waals surface area (Å²) in [4.78, 5) is 21.8. The summed E-state index contributed by atoms with van der Waals surface area (Å²) in [5, 5.41) is 10.7. The van der Waals surface area contributed by atoms with E-state index < -0.39 is 12.1 Å². The molecule has 0 saturated heterocycles. The number of aromatic nitrogens is 1. The van der Waals surface area contributed by atoms with Crippen LogP contribution < -0.4 is 4.90 Å². The van der Waals surface area contributed by atoms with Crippen LogP contribution in [0.2, 0.25) is 10.2 Å². The zero-order valence-corrected chi connectivity index (χ0v) is 13.0. The van der Waals surface area contributed by atoms with E-state index in [4.69, 9.17) is 23.2 Å². The first-order chi connectivity index (χ1) is 10.5. The summed E-state index contributed by atoms with van der Waals surface area (Å²) in [7, 11) is 1.55. The molecule has 22 heavy (non-hydrogen) atoms. The fourth-order valence-corrected chi connectivity index (χ4v) is 2.63. The Kier molecular flexibility index (Phi) is 3.87. The van der Waals surface area contributed by atoms with Crippen LogP contribution >= 0.6 is 23.2 Å². The summed E-state index contributed by atoms with van der Waals surface area (Å²) in [6.07, 6.45) is -1.52. The topological polar surface area (TPSA) is 65.8 Å². The third kappa shape index (κ3) is 2.47. The number of amides is 1. The summed E-state index contributed by atoms with van der Waals surface area (Å²) in [6.45, 7) is 0. The molecule has 2 heterocycles. The maximum Gasteiger partial charge on any atom is 0.278 e. The highest BCUT2D eigenvalue weighted by molar-refractivity contribution is 6.36. The lowest BCUT2D eigenvalue weighted by molar-refractivity contribution is -0.125. The van der Waals surface area contributed by atoms with Gasteiger partial charge in [0.2, 0.25) is 6.23 Å². The van der Waals surface area contributed by atoms with Crippen molar-refractivity contribution in [3.05, 3.63) is 57.8 Å². The van der Waals surface area contributed by atoms with Crippen LogP contribution in [0.15, 0.2) is 41.4 Å². The standard InChI is InChI=1S/C15H11Cl2N3O2/c1-20-10-6-7-11(17)18-13(10)12(19-14(21)15(20)22)8-4-2-3-5-9(8)16/h2-7,14,21H,1H3. The molecule has 1 aliphatic heterocycles. The minimum Gasteiger partial charge on any atom is -0.364 e. The first kappa shape index (κ1) is 15.0. The predicted molar refractivity (Wildman–Crippen MR) is 85.8 cm³/mol. The van der Waals surface area contributed by atoms with E-state index in [-0.39, 0.29) is 5.15 Å². The molecule has 0 fully saturated rings. The van der Waals surface area contributed by atoms with Gasteiger partial charge in [-0.05, 0) is 18.2 Å². The number of rotatable bonds is 1. The molecule has 0 bridgehead atoms. The van der Waals surface area contributed by atoms with Crippen molar-refractivity contribution in [1.82, 2.24) is 4.98 Å². The van der Waals surface area contributed by atoms with E-state index >= 15 is 0 Å². The van der Waals surface area contributed by atoms with Gasteiger partial charge in [-0.25, -0.2) is 9.98 Å². The molecule has 1 N–H and O–H groups in total. The minimum absolute atomic E-state index is 0.260. The molecule has 1 amide bonds. The number of benzene rings is 1. The lowest BCUT2D eigenvalue weighted by Gasteiger charge is -2.18. The van der Waals surface area contributed by atoms with E-state index in [1.165, 1.54) is 4.90 Å².